The molecule has 0 aromatic heterocycles. The number of hydrogen-bond acceptors (Lipinski definition) is 16. The zero-order chi connectivity index (χ0) is 33.7. The number of benzene rings is 2. The smallest absolute Gasteiger partial charge is 0.330 e. The van der Waals surface area contributed by atoms with E-state index >= 15 is 0 Å². The number of hydrogen-bond donors (Lipinski definition) is 9. The fraction of sp³-hybridized carbons (Fsp3) is 0.500. The van der Waals surface area contributed by atoms with Crippen molar-refractivity contribution in [1.82, 2.24) is 0 Å². The van der Waals surface area contributed by atoms with E-state index in [9.17, 15) is 50.8 Å². The van der Waals surface area contributed by atoms with Crippen LogP contribution in [0.25, 0.3) is 6.08 Å². The van der Waals surface area contributed by atoms with Crippen LogP contribution in [-0.2, 0) is 33.2 Å². The Bertz CT molecular complexity index is 1350. The number of aliphatic hydroxyl groups is 5. The molecule has 0 radical (unpaired) electrons. The Labute approximate surface area is 262 Å². The van der Waals surface area contributed by atoms with Crippen LogP contribution in [0.1, 0.15) is 24.2 Å². The molecule has 2 aromatic rings. The van der Waals surface area contributed by atoms with Crippen molar-refractivity contribution in [3.8, 4) is 23.0 Å². The fourth-order valence-electron chi connectivity index (χ4n) is 4.86. The summed E-state index contributed by atoms with van der Waals surface area (Å²) in [7, 11) is 1.35. The largest absolute Gasteiger partial charge is 0.504 e. The molecule has 0 amide bonds. The molecule has 11 atom stereocenters. The van der Waals surface area contributed by atoms with Gasteiger partial charge in [-0.3, -0.25) is 0 Å². The summed E-state index contributed by atoms with van der Waals surface area (Å²) >= 11 is 0. The van der Waals surface area contributed by atoms with E-state index in [1.54, 1.807) is 0 Å². The number of carbonyl (C=O) groups is 1. The first-order valence-electron chi connectivity index (χ1n) is 14.2. The Morgan fingerprint density at radius 1 is 0.826 bits per heavy atom. The van der Waals surface area contributed by atoms with Crippen molar-refractivity contribution in [2.45, 2.75) is 74.4 Å². The topological polar surface area (TPSA) is 255 Å². The lowest BCUT2D eigenvalue weighted by molar-refractivity contribution is -0.358. The van der Waals surface area contributed by atoms with Crippen LogP contribution < -0.4 is 0 Å². The summed E-state index contributed by atoms with van der Waals surface area (Å²) in [6, 6.07) is 7.84. The number of carbonyl (C=O) groups excluding carboxylic acids is 1. The molecule has 0 aliphatic carbocycles. The average Bonchev–Trinajstić information content (AvgIpc) is 3.03. The van der Waals surface area contributed by atoms with E-state index < -0.39 is 91.6 Å². The molecule has 0 bridgehead atoms. The second-order valence-corrected chi connectivity index (χ2v) is 10.8. The summed E-state index contributed by atoms with van der Waals surface area (Å²) < 4.78 is 33.3. The van der Waals surface area contributed by atoms with E-state index in [4.69, 9.17) is 28.4 Å². The lowest BCUT2D eigenvalue weighted by Crippen LogP contribution is -2.64. The van der Waals surface area contributed by atoms with Crippen molar-refractivity contribution in [1.29, 1.82) is 0 Å². The molecule has 4 rings (SSSR count). The van der Waals surface area contributed by atoms with Crippen LogP contribution in [-0.4, -0.2) is 134 Å². The molecule has 0 saturated carbocycles. The van der Waals surface area contributed by atoms with Gasteiger partial charge in [0.05, 0.1) is 12.7 Å². The van der Waals surface area contributed by atoms with Gasteiger partial charge in [0.25, 0.3) is 0 Å². The minimum Gasteiger partial charge on any atom is -0.504 e. The molecular weight excluding hydrogens is 616 g/mol. The quantitative estimate of drug-likeness (QED) is 0.0811. The lowest BCUT2D eigenvalue weighted by Gasteiger charge is -2.46. The van der Waals surface area contributed by atoms with Crippen LogP contribution in [0, 0.1) is 0 Å². The van der Waals surface area contributed by atoms with Gasteiger partial charge in [-0.2, -0.15) is 0 Å². The normalized spacial score (nSPS) is 32.3. The summed E-state index contributed by atoms with van der Waals surface area (Å²) in [4.78, 5) is 12.4. The number of methoxy groups -OCH3 is 1. The minimum atomic E-state index is -1.77. The van der Waals surface area contributed by atoms with Gasteiger partial charge in [-0.15, -0.1) is 0 Å². The van der Waals surface area contributed by atoms with Gasteiger partial charge in [-0.25, -0.2) is 4.79 Å². The number of aliphatic hydroxyl groups excluding tert-OH is 5. The molecule has 16 heteroatoms. The van der Waals surface area contributed by atoms with E-state index in [1.807, 2.05) is 0 Å². The number of ether oxygens (including phenoxy) is 6. The van der Waals surface area contributed by atoms with Crippen molar-refractivity contribution >= 4 is 12.0 Å². The number of esters is 1. The number of phenols is 4. The molecule has 0 spiro atoms. The van der Waals surface area contributed by atoms with Crippen LogP contribution in [0.5, 0.6) is 23.0 Å². The Balaban J connectivity index is 1.49. The maximum Gasteiger partial charge on any atom is 0.330 e. The third kappa shape index (κ3) is 8.23. The van der Waals surface area contributed by atoms with Crippen molar-refractivity contribution in [2.24, 2.45) is 0 Å². The molecule has 1 unspecified atom stereocenters. The van der Waals surface area contributed by atoms with Crippen LogP contribution >= 0.6 is 0 Å². The van der Waals surface area contributed by atoms with E-state index in [-0.39, 0.29) is 18.1 Å². The maximum absolute atomic E-state index is 12.4. The Morgan fingerprint density at radius 3 is 2.15 bits per heavy atom. The van der Waals surface area contributed by atoms with Gasteiger partial charge in [0.1, 0.15) is 55.4 Å². The van der Waals surface area contributed by atoms with Gasteiger partial charge < -0.3 is 74.4 Å². The van der Waals surface area contributed by atoms with Gasteiger partial charge >= 0.3 is 5.97 Å². The highest BCUT2D eigenvalue weighted by Crippen LogP contribution is 2.32. The van der Waals surface area contributed by atoms with Crippen molar-refractivity contribution in [2.75, 3.05) is 20.3 Å². The summed E-state index contributed by atoms with van der Waals surface area (Å²) in [5, 5.41) is 91.5. The van der Waals surface area contributed by atoms with E-state index in [0.717, 1.165) is 6.08 Å². The van der Waals surface area contributed by atoms with Crippen LogP contribution in [0.4, 0.5) is 0 Å². The first-order valence-corrected chi connectivity index (χ1v) is 14.2. The second-order valence-electron chi connectivity index (χ2n) is 10.8. The predicted octanol–water partition coefficient (Wildman–Crippen LogP) is -0.871. The average molecular weight is 655 g/mol. The highest BCUT2D eigenvalue weighted by Gasteiger charge is 2.50. The Morgan fingerprint density at radius 2 is 1.50 bits per heavy atom. The summed E-state index contributed by atoms with van der Waals surface area (Å²) in [6.07, 6.45) is -14.0. The van der Waals surface area contributed by atoms with Gasteiger partial charge in [0, 0.05) is 13.2 Å². The van der Waals surface area contributed by atoms with E-state index in [1.165, 1.54) is 56.5 Å². The minimum absolute atomic E-state index is 0.287. The zero-order valence-corrected chi connectivity index (χ0v) is 24.8. The predicted molar refractivity (Wildman–Crippen MR) is 153 cm³/mol. The van der Waals surface area contributed by atoms with Gasteiger partial charge in [-0.1, -0.05) is 12.1 Å². The molecular formula is C30H38O16. The molecule has 2 aliphatic heterocycles. The SMILES string of the molecule is COC(CO[C@@H]1O[C@H](COC(=O)/C=C/c2ccc(O)c(O)c2)[C@@H](O)[C@H](O[C@@H]2O[C@@H](C)[C@H](O)[C@@H](O)[C@H]2O)[C@H]1O)c1ccc(O)c(O)c1. The number of rotatable bonds is 11. The van der Waals surface area contributed by atoms with Gasteiger partial charge in [0.15, 0.2) is 35.6 Å². The van der Waals surface area contributed by atoms with E-state index in [0.29, 0.717) is 11.1 Å². The molecule has 254 valence electrons. The Hall–Kier alpha value is -3.55. The number of phenolic OH excluding ortho intramolecular Hbond substituents is 4. The molecule has 16 nitrogen and oxygen atoms in total. The summed E-state index contributed by atoms with van der Waals surface area (Å²) in [6.45, 7) is 0.549. The lowest BCUT2D eigenvalue weighted by atomic mass is 9.97. The third-order valence-electron chi connectivity index (χ3n) is 7.61. The standard InChI is InChI=1S/C30H38O16/c1-13-23(36)25(38)26(39)30(44-13)46-28-24(37)21(12-42-22(35)8-4-14-3-6-16(31)18(33)9-14)45-29(27(28)40)43-11-20(41-2)15-5-7-17(32)19(34)10-15/h3-10,13,20-21,23-34,36-40H,11-12H2,1-2H3/b8-4+/t13-,20?,21+,23-,24+,25+,26+,27+,28-,29+,30-/m0/s1. The second kappa shape index (κ2) is 15.4. The summed E-state index contributed by atoms with van der Waals surface area (Å²) in [5.41, 5.74) is 0.767. The first-order chi connectivity index (χ1) is 21.8. The van der Waals surface area contributed by atoms with Crippen molar-refractivity contribution in [3.63, 3.8) is 0 Å². The molecule has 2 fully saturated rings. The Kier molecular flexibility index (Phi) is 11.8. The fourth-order valence-corrected chi connectivity index (χ4v) is 4.86. The molecule has 2 heterocycles. The van der Waals surface area contributed by atoms with Gasteiger partial charge in [-0.05, 0) is 48.4 Å². The molecule has 46 heavy (non-hydrogen) atoms. The molecule has 9 N–H and O–H groups in total. The third-order valence-corrected chi connectivity index (χ3v) is 7.61. The monoisotopic (exact) mass is 654 g/mol. The van der Waals surface area contributed by atoms with E-state index in [2.05, 4.69) is 0 Å². The zero-order valence-electron chi connectivity index (χ0n) is 24.8. The maximum atomic E-state index is 12.4. The number of aromatic hydroxyl groups is 4. The highest BCUT2D eigenvalue weighted by atomic mass is 16.7. The van der Waals surface area contributed by atoms with Crippen molar-refractivity contribution < 1.29 is 79.2 Å². The van der Waals surface area contributed by atoms with Crippen LogP contribution in [0.2, 0.25) is 0 Å². The molecule has 2 aliphatic rings. The van der Waals surface area contributed by atoms with Crippen LogP contribution in [0.15, 0.2) is 42.5 Å². The molecule has 2 aromatic carbocycles. The van der Waals surface area contributed by atoms with Gasteiger partial charge in [0.2, 0.25) is 0 Å². The van der Waals surface area contributed by atoms with Crippen LogP contribution in [0.3, 0.4) is 0 Å². The highest BCUT2D eigenvalue weighted by molar-refractivity contribution is 5.87. The summed E-state index contributed by atoms with van der Waals surface area (Å²) in [5.74, 6) is -2.38. The van der Waals surface area contributed by atoms with Crippen molar-refractivity contribution in [3.05, 3.63) is 53.6 Å². The first kappa shape index (κ1) is 35.3. The molecule has 2 saturated heterocycles.